The summed E-state index contributed by atoms with van der Waals surface area (Å²) in [5.74, 6) is 0.609. The summed E-state index contributed by atoms with van der Waals surface area (Å²) in [7, 11) is 2.04. The van der Waals surface area contributed by atoms with Crippen molar-refractivity contribution < 1.29 is 0 Å². The maximum atomic E-state index is 5.93. The fourth-order valence-electron chi connectivity index (χ4n) is 2.34. The summed E-state index contributed by atoms with van der Waals surface area (Å²) in [6.45, 7) is 0.822. The number of anilines is 3. The quantitative estimate of drug-likeness (QED) is 0.776. The van der Waals surface area contributed by atoms with E-state index >= 15 is 0 Å². The fourth-order valence-corrected chi connectivity index (χ4v) is 2.34. The third kappa shape index (κ3) is 3.20. The van der Waals surface area contributed by atoms with Crippen LogP contribution in [0.25, 0.3) is 10.9 Å². The lowest BCUT2D eigenvalue weighted by Crippen LogP contribution is -2.16. The largest absolute Gasteiger partial charge is 0.383 e. The lowest BCUT2D eigenvalue weighted by Gasteiger charge is -2.20. The van der Waals surface area contributed by atoms with Gasteiger partial charge in [-0.25, -0.2) is 4.98 Å². The minimum Gasteiger partial charge on any atom is -0.383 e. The van der Waals surface area contributed by atoms with Gasteiger partial charge in [0.15, 0.2) is 0 Å². The van der Waals surface area contributed by atoms with Gasteiger partial charge in [-0.05, 0) is 23.8 Å². The highest BCUT2D eigenvalue weighted by atomic mass is 35.5. The van der Waals surface area contributed by atoms with Gasteiger partial charge < -0.3 is 16.4 Å². The second-order valence-electron chi connectivity index (χ2n) is 5.01. The average Bonchev–Trinajstić information content (AvgIpc) is 2.47. The Morgan fingerprint density at radius 1 is 1.00 bits per heavy atom. The van der Waals surface area contributed by atoms with Crippen LogP contribution >= 0.6 is 12.4 Å². The summed E-state index contributed by atoms with van der Waals surface area (Å²) < 4.78 is 0. The van der Waals surface area contributed by atoms with Crippen LogP contribution in [0.4, 0.5) is 17.5 Å². The summed E-state index contributed by atoms with van der Waals surface area (Å²) >= 11 is 0. The van der Waals surface area contributed by atoms with Gasteiger partial charge in [-0.1, -0.05) is 30.3 Å². The number of benzene rings is 2. The first-order valence-electron chi connectivity index (χ1n) is 6.71. The molecular weight excluding hydrogens is 298 g/mol. The highest BCUT2D eigenvalue weighted by Gasteiger charge is 2.07. The number of fused-ring (bicyclic) bond motifs is 1. The van der Waals surface area contributed by atoms with Gasteiger partial charge in [-0.2, -0.15) is 4.98 Å². The second-order valence-corrected chi connectivity index (χ2v) is 5.01. The van der Waals surface area contributed by atoms with Crippen LogP contribution in [0.5, 0.6) is 0 Å². The normalized spacial score (nSPS) is 10.2. The summed E-state index contributed by atoms with van der Waals surface area (Å²) in [5, 5.41) is 0.821. The van der Waals surface area contributed by atoms with Crippen molar-refractivity contribution in [3.8, 4) is 0 Å². The van der Waals surface area contributed by atoms with Gasteiger partial charge >= 0.3 is 0 Å². The molecular formula is C16H18ClN5. The van der Waals surface area contributed by atoms with Crippen LogP contribution in [-0.2, 0) is 6.54 Å². The molecule has 0 amide bonds. The molecule has 6 heteroatoms. The van der Waals surface area contributed by atoms with E-state index < -0.39 is 0 Å². The molecule has 0 fully saturated rings. The van der Waals surface area contributed by atoms with E-state index in [9.17, 15) is 0 Å². The maximum Gasteiger partial charge on any atom is 0.222 e. The Kier molecular flexibility index (Phi) is 4.68. The molecule has 0 aliphatic heterocycles. The number of hydrogen-bond donors (Lipinski definition) is 2. The Bertz CT molecular complexity index is 776. The molecule has 4 N–H and O–H groups in total. The van der Waals surface area contributed by atoms with E-state index in [0.29, 0.717) is 5.82 Å². The average molecular weight is 316 g/mol. The summed E-state index contributed by atoms with van der Waals surface area (Å²) in [4.78, 5) is 10.4. The standard InChI is InChI=1S/C16H17N5.ClH/c1-21(10-11-5-3-2-4-6-11)12-7-8-14-13(9-12)15(17)20-16(18)19-14;/h2-9H,10H2,1H3,(H4,17,18,19,20);1H. The van der Waals surface area contributed by atoms with Crippen molar-refractivity contribution in [2.24, 2.45) is 0 Å². The molecule has 0 bridgehead atoms. The first kappa shape index (κ1) is 15.9. The van der Waals surface area contributed by atoms with E-state index in [2.05, 4.69) is 27.0 Å². The lowest BCUT2D eigenvalue weighted by atomic mass is 10.1. The molecule has 1 aromatic heterocycles. The maximum absolute atomic E-state index is 5.93. The van der Waals surface area contributed by atoms with Crippen molar-refractivity contribution in [1.29, 1.82) is 0 Å². The van der Waals surface area contributed by atoms with Crippen molar-refractivity contribution in [3.05, 3.63) is 54.1 Å². The molecule has 0 spiro atoms. The van der Waals surface area contributed by atoms with Crippen LogP contribution in [0.1, 0.15) is 5.56 Å². The Labute approximate surface area is 135 Å². The zero-order valence-electron chi connectivity index (χ0n) is 12.2. The van der Waals surface area contributed by atoms with Gasteiger partial charge in [0.1, 0.15) is 5.82 Å². The second kappa shape index (κ2) is 6.49. The third-order valence-electron chi connectivity index (χ3n) is 3.43. The summed E-state index contributed by atoms with van der Waals surface area (Å²) in [6.07, 6.45) is 0. The summed E-state index contributed by atoms with van der Waals surface area (Å²) in [5.41, 5.74) is 14.6. The predicted octanol–water partition coefficient (Wildman–Crippen LogP) is 2.85. The molecule has 0 saturated heterocycles. The topological polar surface area (TPSA) is 81.1 Å². The van der Waals surface area contributed by atoms with E-state index in [-0.39, 0.29) is 18.4 Å². The number of rotatable bonds is 3. The van der Waals surface area contributed by atoms with Gasteiger partial charge in [-0.15, -0.1) is 12.4 Å². The monoisotopic (exact) mass is 315 g/mol. The molecule has 0 aliphatic rings. The van der Waals surface area contributed by atoms with E-state index in [1.807, 2.05) is 43.4 Å². The molecule has 3 aromatic rings. The number of nitrogen functional groups attached to an aromatic ring is 2. The number of hydrogen-bond acceptors (Lipinski definition) is 5. The minimum atomic E-state index is 0. The zero-order valence-corrected chi connectivity index (χ0v) is 13.0. The van der Waals surface area contributed by atoms with Crippen molar-refractivity contribution in [2.45, 2.75) is 6.54 Å². The van der Waals surface area contributed by atoms with E-state index in [1.165, 1.54) is 5.56 Å². The number of halogens is 1. The molecule has 0 saturated carbocycles. The first-order valence-corrected chi connectivity index (χ1v) is 6.71. The number of nitrogens with two attached hydrogens (primary N) is 2. The highest BCUT2D eigenvalue weighted by Crippen LogP contribution is 2.25. The van der Waals surface area contributed by atoms with Crippen LogP contribution in [0.2, 0.25) is 0 Å². The van der Waals surface area contributed by atoms with E-state index in [0.717, 1.165) is 23.1 Å². The first-order chi connectivity index (χ1) is 10.1. The van der Waals surface area contributed by atoms with Gasteiger partial charge in [-0.3, -0.25) is 0 Å². The molecule has 114 valence electrons. The van der Waals surface area contributed by atoms with Gasteiger partial charge in [0.05, 0.1) is 5.52 Å². The zero-order chi connectivity index (χ0) is 14.8. The molecule has 0 atom stereocenters. The SMILES string of the molecule is CN(Cc1ccccc1)c1ccc2nc(N)nc(N)c2c1.Cl. The Morgan fingerprint density at radius 3 is 2.45 bits per heavy atom. The third-order valence-corrected chi connectivity index (χ3v) is 3.43. The highest BCUT2D eigenvalue weighted by molar-refractivity contribution is 5.91. The molecule has 22 heavy (non-hydrogen) atoms. The Morgan fingerprint density at radius 2 is 1.73 bits per heavy atom. The molecule has 0 unspecified atom stereocenters. The Hall–Kier alpha value is -2.53. The molecule has 0 aliphatic carbocycles. The van der Waals surface area contributed by atoms with Gasteiger partial charge in [0, 0.05) is 24.7 Å². The van der Waals surface area contributed by atoms with E-state index in [4.69, 9.17) is 11.5 Å². The van der Waals surface area contributed by atoms with Gasteiger partial charge in [0.2, 0.25) is 5.95 Å². The van der Waals surface area contributed by atoms with Gasteiger partial charge in [0.25, 0.3) is 0 Å². The van der Waals surface area contributed by atoms with Crippen molar-refractivity contribution >= 4 is 40.8 Å². The Balaban J connectivity index is 0.00000176. The van der Waals surface area contributed by atoms with Crippen LogP contribution in [-0.4, -0.2) is 17.0 Å². The van der Waals surface area contributed by atoms with Crippen molar-refractivity contribution in [1.82, 2.24) is 9.97 Å². The fraction of sp³-hybridized carbons (Fsp3) is 0.125. The summed E-state index contributed by atoms with van der Waals surface area (Å²) in [6, 6.07) is 16.2. The smallest absolute Gasteiger partial charge is 0.222 e. The minimum absolute atomic E-state index is 0. The number of nitrogens with zero attached hydrogens (tertiary/aromatic N) is 3. The molecule has 3 rings (SSSR count). The predicted molar refractivity (Wildman–Crippen MR) is 94.2 cm³/mol. The van der Waals surface area contributed by atoms with Crippen LogP contribution in [0, 0.1) is 0 Å². The van der Waals surface area contributed by atoms with Crippen LogP contribution < -0.4 is 16.4 Å². The van der Waals surface area contributed by atoms with Crippen LogP contribution in [0.3, 0.4) is 0 Å². The molecule has 5 nitrogen and oxygen atoms in total. The molecule has 0 radical (unpaired) electrons. The number of aromatic nitrogens is 2. The molecule has 1 heterocycles. The molecule has 2 aromatic carbocycles. The lowest BCUT2D eigenvalue weighted by molar-refractivity contribution is 0.924. The van der Waals surface area contributed by atoms with E-state index in [1.54, 1.807) is 0 Å². The van der Waals surface area contributed by atoms with Crippen molar-refractivity contribution in [2.75, 3.05) is 23.4 Å². The van der Waals surface area contributed by atoms with Crippen molar-refractivity contribution in [3.63, 3.8) is 0 Å². The van der Waals surface area contributed by atoms with Crippen LogP contribution in [0.15, 0.2) is 48.5 Å².